The molecule has 28 heteroatoms. The summed E-state index contributed by atoms with van der Waals surface area (Å²) in [5.41, 5.74) is 2.46. The van der Waals surface area contributed by atoms with E-state index in [2.05, 4.69) is 51.0 Å². The molecule has 0 fully saturated rings. The summed E-state index contributed by atoms with van der Waals surface area (Å²) in [6.07, 6.45) is 1.36. The molecule has 4 aromatic carbocycles. The first-order valence-corrected chi connectivity index (χ1v) is 19.9. The zero-order chi connectivity index (χ0) is 43.2. The van der Waals surface area contributed by atoms with E-state index in [-0.39, 0.29) is 22.3 Å². The van der Waals surface area contributed by atoms with Gasteiger partial charge in [0.2, 0.25) is 11.6 Å². The standard InChI is InChI=1S/C31H21F4N11O10S3/c1-12-6-13-7-20(59(54,55)56)26(46-44-17-9-15(3-5-19(17)58(51,52)53)42-31-23(33)29(35)38-11-40-31)24(36)21(13)27(47)25(12)45-43-16-8-14(2-4-18(16)57(48,49)50)41-30-22(32)28(34)37-10-39-30/h2-11,47H,36H2,1H3,(H,37,39,41)(H,38,40,42)(H,48,49,50)(H,51,52,53)(H,54,55,56). The molecule has 0 saturated carbocycles. The number of benzene rings is 4. The number of nitrogen functional groups attached to an aromatic ring is 1. The van der Waals surface area contributed by atoms with E-state index in [1.54, 1.807) is 0 Å². The van der Waals surface area contributed by atoms with E-state index in [4.69, 9.17) is 5.73 Å². The van der Waals surface area contributed by atoms with Crippen LogP contribution in [0.1, 0.15) is 5.56 Å². The molecule has 0 unspecified atom stereocenters. The Hall–Kier alpha value is -6.85. The van der Waals surface area contributed by atoms with Gasteiger partial charge in [-0.05, 0) is 66.4 Å². The summed E-state index contributed by atoms with van der Waals surface area (Å²) < 4.78 is 159. The van der Waals surface area contributed by atoms with Gasteiger partial charge in [-0.2, -0.15) is 42.8 Å². The van der Waals surface area contributed by atoms with Gasteiger partial charge in [-0.25, -0.2) is 19.9 Å². The maximum atomic E-state index is 14.2. The number of aromatic nitrogens is 4. The summed E-state index contributed by atoms with van der Waals surface area (Å²) in [4.78, 5) is 10.4. The molecule has 6 aromatic rings. The summed E-state index contributed by atoms with van der Waals surface area (Å²) in [6, 6.07) is 7.36. The van der Waals surface area contributed by atoms with Crippen molar-refractivity contribution in [1.82, 2.24) is 19.9 Å². The SMILES string of the molecule is Cc1cc2cc(S(=O)(=O)O)c(N=Nc3cc(Nc4ncnc(F)c4F)ccc3S(=O)(=O)O)c(N)c2c(O)c1N=Nc1cc(Nc2ncnc(F)c2F)ccc1S(=O)(=O)O. The predicted molar refractivity (Wildman–Crippen MR) is 196 cm³/mol. The van der Waals surface area contributed by atoms with Crippen LogP contribution in [0.3, 0.4) is 0 Å². The fraction of sp³-hybridized carbons (Fsp3) is 0.0323. The van der Waals surface area contributed by atoms with Crippen molar-refractivity contribution in [3.63, 3.8) is 0 Å². The summed E-state index contributed by atoms with van der Waals surface area (Å²) in [5, 5.41) is 30.6. The highest BCUT2D eigenvalue weighted by atomic mass is 32.2. The zero-order valence-corrected chi connectivity index (χ0v) is 31.4. The number of aryl methyl sites for hydroxylation is 1. The van der Waals surface area contributed by atoms with Gasteiger partial charge in [0.25, 0.3) is 42.2 Å². The number of nitrogens with two attached hydrogens (primary N) is 1. The molecule has 6 rings (SSSR count). The summed E-state index contributed by atoms with van der Waals surface area (Å²) in [7, 11) is -15.4. The maximum Gasteiger partial charge on any atom is 0.296 e. The Bertz CT molecular complexity index is 3140. The van der Waals surface area contributed by atoms with Crippen LogP contribution in [0.5, 0.6) is 5.75 Å². The van der Waals surface area contributed by atoms with Gasteiger partial charge in [-0.1, -0.05) is 0 Å². The number of nitrogens with zero attached hydrogens (tertiary/aromatic N) is 8. The average molecular weight is 880 g/mol. The molecule has 0 bridgehead atoms. The molecule has 0 aliphatic rings. The molecule has 0 atom stereocenters. The number of rotatable bonds is 11. The highest BCUT2D eigenvalue weighted by molar-refractivity contribution is 7.86. The molecule has 0 spiro atoms. The molecule has 306 valence electrons. The first-order chi connectivity index (χ1) is 27.5. The van der Waals surface area contributed by atoms with E-state index >= 15 is 0 Å². The first-order valence-electron chi connectivity index (χ1n) is 15.5. The molecule has 21 nitrogen and oxygen atoms in total. The van der Waals surface area contributed by atoms with Crippen LogP contribution in [0.4, 0.5) is 69.0 Å². The van der Waals surface area contributed by atoms with E-state index in [0.29, 0.717) is 12.7 Å². The normalized spacial score (nSPS) is 12.5. The monoisotopic (exact) mass is 879 g/mol. The van der Waals surface area contributed by atoms with Crippen molar-refractivity contribution in [2.75, 3.05) is 16.4 Å². The number of phenolic OH excluding ortho intramolecular Hbond substituents is 1. The minimum Gasteiger partial charge on any atom is -0.505 e. The van der Waals surface area contributed by atoms with E-state index in [1.165, 1.54) is 13.0 Å². The average Bonchev–Trinajstić information content (AvgIpc) is 3.13. The molecule has 0 saturated heterocycles. The number of hydrogen-bond donors (Lipinski definition) is 7. The number of azo groups is 2. The molecule has 59 heavy (non-hydrogen) atoms. The predicted octanol–water partition coefficient (Wildman–Crippen LogP) is 6.63. The fourth-order valence-electron chi connectivity index (χ4n) is 5.23. The molecule has 0 radical (unpaired) electrons. The van der Waals surface area contributed by atoms with Gasteiger partial charge in [0.15, 0.2) is 17.4 Å². The lowest BCUT2D eigenvalue weighted by Gasteiger charge is -2.14. The van der Waals surface area contributed by atoms with Crippen molar-refractivity contribution in [3.8, 4) is 5.75 Å². The van der Waals surface area contributed by atoms with Crippen molar-refractivity contribution in [2.24, 2.45) is 20.5 Å². The van der Waals surface area contributed by atoms with Gasteiger partial charge < -0.3 is 21.5 Å². The largest absolute Gasteiger partial charge is 0.505 e. The Morgan fingerprint density at radius 1 is 0.610 bits per heavy atom. The van der Waals surface area contributed by atoms with Gasteiger partial charge in [0, 0.05) is 11.4 Å². The zero-order valence-electron chi connectivity index (χ0n) is 28.9. The molecule has 8 N–H and O–H groups in total. The van der Waals surface area contributed by atoms with Crippen LogP contribution in [-0.2, 0) is 30.4 Å². The van der Waals surface area contributed by atoms with E-state index in [9.17, 15) is 61.6 Å². The molecule has 0 aliphatic carbocycles. The lowest BCUT2D eigenvalue weighted by atomic mass is 10.0. The Labute approximate surface area is 327 Å². The molecule has 0 aliphatic heterocycles. The van der Waals surface area contributed by atoms with E-state index < -0.39 is 120 Å². The van der Waals surface area contributed by atoms with Gasteiger partial charge in [-0.15, -0.1) is 20.5 Å². The third-order valence-corrected chi connectivity index (χ3v) is 10.5. The smallest absolute Gasteiger partial charge is 0.296 e. The van der Waals surface area contributed by atoms with Crippen molar-refractivity contribution in [2.45, 2.75) is 21.6 Å². The molecular formula is C31H21F4N11O10S3. The molecule has 0 amide bonds. The number of aromatic hydroxyl groups is 1. The van der Waals surface area contributed by atoms with Crippen LogP contribution in [0.15, 0.2) is 96.3 Å². The highest BCUT2D eigenvalue weighted by Gasteiger charge is 2.26. The summed E-state index contributed by atoms with van der Waals surface area (Å²) in [6.45, 7) is 1.33. The lowest BCUT2D eigenvalue weighted by molar-refractivity contribution is 0.476. The van der Waals surface area contributed by atoms with Crippen molar-refractivity contribution in [1.29, 1.82) is 0 Å². The first kappa shape index (κ1) is 41.8. The number of fused-ring (bicyclic) bond motifs is 1. The number of phenols is 1. The molecule has 2 heterocycles. The third-order valence-electron chi connectivity index (χ3n) is 7.83. The Morgan fingerprint density at radius 2 is 1.05 bits per heavy atom. The minimum atomic E-state index is -5.25. The van der Waals surface area contributed by atoms with Crippen molar-refractivity contribution >= 4 is 92.6 Å². The second-order valence-electron chi connectivity index (χ2n) is 11.7. The quantitative estimate of drug-likeness (QED) is 0.0236. The Morgan fingerprint density at radius 3 is 1.49 bits per heavy atom. The van der Waals surface area contributed by atoms with Gasteiger partial charge in [0.05, 0.1) is 11.1 Å². The topological polar surface area (TPSA) is 334 Å². The Balaban J connectivity index is 1.48. The van der Waals surface area contributed by atoms with Crippen LogP contribution in [0, 0.1) is 30.5 Å². The van der Waals surface area contributed by atoms with Crippen molar-refractivity contribution in [3.05, 3.63) is 90.3 Å². The minimum absolute atomic E-state index is 0.0251. The van der Waals surface area contributed by atoms with Gasteiger partial charge >= 0.3 is 0 Å². The summed E-state index contributed by atoms with van der Waals surface area (Å²) in [5.74, 6) is -8.29. The van der Waals surface area contributed by atoms with Crippen LogP contribution < -0.4 is 16.4 Å². The van der Waals surface area contributed by atoms with E-state index in [0.717, 1.165) is 42.5 Å². The van der Waals surface area contributed by atoms with Crippen LogP contribution in [0.25, 0.3) is 10.8 Å². The fourth-order valence-corrected chi connectivity index (χ4v) is 7.11. The van der Waals surface area contributed by atoms with Gasteiger partial charge in [-0.3, -0.25) is 13.7 Å². The molecule has 2 aromatic heterocycles. The third kappa shape index (κ3) is 8.70. The summed E-state index contributed by atoms with van der Waals surface area (Å²) >= 11 is 0. The lowest BCUT2D eigenvalue weighted by Crippen LogP contribution is -2.03. The number of anilines is 5. The van der Waals surface area contributed by atoms with Crippen molar-refractivity contribution < 1.29 is 61.6 Å². The van der Waals surface area contributed by atoms with Crippen LogP contribution in [0.2, 0.25) is 0 Å². The number of nitrogens with one attached hydrogen (secondary N) is 2. The second-order valence-corrected chi connectivity index (χ2v) is 15.9. The molecular weight excluding hydrogens is 859 g/mol. The highest BCUT2D eigenvalue weighted by Crippen LogP contribution is 2.47. The Kier molecular flexibility index (Phi) is 11.0. The van der Waals surface area contributed by atoms with Gasteiger partial charge in [0.1, 0.15) is 50.1 Å². The number of hydrogen-bond acceptors (Lipinski definition) is 18. The number of halogens is 4. The van der Waals surface area contributed by atoms with Crippen LogP contribution in [-0.4, -0.2) is 64.0 Å². The van der Waals surface area contributed by atoms with E-state index in [1.807, 2.05) is 0 Å². The van der Waals surface area contributed by atoms with Crippen LogP contribution >= 0.6 is 0 Å². The maximum absolute atomic E-state index is 14.2. The second kappa shape index (κ2) is 15.5.